The summed E-state index contributed by atoms with van der Waals surface area (Å²) in [5, 5.41) is 20.3. The maximum Gasteiger partial charge on any atom is 0.309 e. The van der Waals surface area contributed by atoms with Crippen LogP contribution in [0.2, 0.25) is 0 Å². The number of rotatable bonds is 1. The van der Waals surface area contributed by atoms with Gasteiger partial charge in [0.15, 0.2) is 11.6 Å². The van der Waals surface area contributed by atoms with Gasteiger partial charge in [-0.1, -0.05) is 60.1 Å². The smallest absolute Gasteiger partial charge is 0.309 e. The van der Waals surface area contributed by atoms with E-state index in [1.54, 1.807) is 0 Å². The van der Waals surface area contributed by atoms with Crippen molar-refractivity contribution in [1.82, 2.24) is 0 Å². The number of nitrogens with zero attached hydrogens (tertiary/aromatic N) is 1. The van der Waals surface area contributed by atoms with Gasteiger partial charge in [0, 0.05) is 16.7 Å². The van der Waals surface area contributed by atoms with Crippen LogP contribution in [0.15, 0.2) is 23.3 Å². The van der Waals surface area contributed by atoms with Crippen LogP contribution in [0.4, 0.5) is 0 Å². The average molecular weight is 492 g/mol. The predicted molar refractivity (Wildman–Crippen MR) is 137 cm³/mol. The van der Waals surface area contributed by atoms with Crippen LogP contribution in [0.25, 0.3) is 0 Å². The predicted octanol–water partition coefficient (Wildman–Crippen LogP) is 6.29. The van der Waals surface area contributed by atoms with Gasteiger partial charge in [-0.25, -0.2) is 0 Å². The molecule has 7 atom stereocenters. The third-order valence-corrected chi connectivity index (χ3v) is 12.3. The Morgan fingerprint density at radius 3 is 2.25 bits per heavy atom. The molecule has 0 aliphatic heterocycles. The number of hydrogen-bond acceptors (Lipinski definition) is 4. The Morgan fingerprint density at radius 1 is 1.00 bits per heavy atom. The first kappa shape index (κ1) is 25.4. The second-order valence-corrected chi connectivity index (χ2v) is 14.7. The van der Waals surface area contributed by atoms with Crippen molar-refractivity contribution in [3.05, 3.63) is 23.3 Å². The Bertz CT molecular complexity index is 1180. The van der Waals surface area contributed by atoms with E-state index in [4.69, 9.17) is 0 Å². The fraction of sp³-hybridized carbons (Fsp3) is 0.742. The molecule has 0 unspecified atom stereocenters. The van der Waals surface area contributed by atoms with Crippen molar-refractivity contribution in [2.75, 3.05) is 0 Å². The van der Waals surface area contributed by atoms with Gasteiger partial charge in [0.25, 0.3) is 0 Å². The maximum atomic E-state index is 14.2. The number of carbonyl (C=O) groups is 3. The lowest BCUT2D eigenvalue weighted by molar-refractivity contribution is -0.188. The van der Waals surface area contributed by atoms with E-state index in [1.807, 2.05) is 26.0 Å². The summed E-state index contributed by atoms with van der Waals surface area (Å²) in [7, 11) is 0. The van der Waals surface area contributed by atoms with E-state index in [-0.39, 0.29) is 51.1 Å². The van der Waals surface area contributed by atoms with Crippen LogP contribution in [0.3, 0.4) is 0 Å². The van der Waals surface area contributed by atoms with Crippen molar-refractivity contribution in [2.45, 2.75) is 93.4 Å². The molecule has 194 valence electrons. The molecular formula is C31H41NO4. The van der Waals surface area contributed by atoms with Gasteiger partial charge in [-0.05, 0) is 79.1 Å². The van der Waals surface area contributed by atoms with Gasteiger partial charge in [0.2, 0.25) is 0 Å². The molecule has 0 heterocycles. The summed E-state index contributed by atoms with van der Waals surface area (Å²) in [5.74, 6) is -1.27. The molecule has 5 nitrogen and oxygen atoms in total. The molecule has 0 aromatic carbocycles. The second kappa shape index (κ2) is 7.21. The highest BCUT2D eigenvalue weighted by Crippen LogP contribution is 2.74. The Hall–Kier alpha value is -2.22. The summed E-state index contributed by atoms with van der Waals surface area (Å²) in [6.45, 7) is 15.0. The monoisotopic (exact) mass is 491 g/mol. The Balaban J connectivity index is 1.71. The van der Waals surface area contributed by atoms with Crippen molar-refractivity contribution in [3.63, 3.8) is 0 Å². The van der Waals surface area contributed by atoms with E-state index >= 15 is 0 Å². The van der Waals surface area contributed by atoms with Crippen LogP contribution in [0, 0.1) is 61.6 Å². The summed E-state index contributed by atoms with van der Waals surface area (Å²) in [4.78, 5) is 40.2. The maximum absolute atomic E-state index is 14.2. The van der Waals surface area contributed by atoms with Crippen LogP contribution < -0.4 is 0 Å². The number of allylic oxidation sites excluding steroid dienone is 4. The number of aliphatic carboxylic acids is 1. The lowest BCUT2D eigenvalue weighted by Gasteiger charge is -2.68. The molecule has 5 rings (SSSR count). The number of nitriles is 1. The molecule has 3 fully saturated rings. The summed E-state index contributed by atoms with van der Waals surface area (Å²) >= 11 is 0. The number of carboxylic acid groups (broad SMARTS) is 1. The van der Waals surface area contributed by atoms with Crippen LogP contribution >= 0.6 is 0 Å². The van der Waals surface area contributed by atoms with E-state index in [9.17, 15) is 24.8 Å². The first-order valence-corrected chi connectivity index (χ1v) is 13.7. The molecule has 0 bridgehead atoms. The Labute approximate surface area is 215 Å². The third-order valence-electron chi connectivity index (χ3n) is 12.3. The molecule has 3 saturated carbocycles. The van der Waals surface area contributed by atoms with Gasteiger partial charge < -0.3 is 5.11 Å². The van der Waals surface area contributed by atoms with Crippen molar-refractivity contribution in [3.8, 4) is 6.07 Å². The highest BCUT2D eigenvalue weighted by atomic mass is 16.4. The van der Waals surface area contributed by atoms with E-state index in [0.717, 1.165) is 31.3 Å². The van der Waals surface area contributed by atoms with Crippen molar-refractivity contribution in [2.24, 2.45) is 50.2 Å². The fourth-order valence-corrected chi connectivity index (χ4v) is 10.0. The van der Waals surface area contributed by atoms with E-state index in [0.29, 0.717) is 19.3 Å². The van der Waals surface area contributed by atoms with Crippen molar-refractivity contribution < 1.29 is 19.5 Å². The molecule has 0 radical (unpaired) electrons. The zero-order valence-corrected chi connectivity index (χ0v) is 23.0. The standard InChI is InChI=1S/C31H41NO4/c1-26(2)10-12-31(25(35)36)13-11-30(7)23(19(31)16-26)20(33)14-22-28(5)15-18(17-32)24(34)27(3,4)21(28)8-9-29(22,30)6/h14-15,19,21,23H,8-13,16H2,1-7H3,(H,35,36)/t19-,21+,23-,28-,29+,30+,31-/m0/s1. The molecule has 0 amide bonds. The van der Waals surface area contributed by atoms with Crippen molar-refractivity contribution >= 4 is 17.5 Å². The highest BCUT2D eigenvalue weighted by molar-refractivity contribution is 6.04. The first-order chi connectivity index (χ1) is 16.5. The number of ketones is 2. The first-order valence-electron chi connectivity index (χ1n) is 13.7. The summed E-state index contributed by atoms with van der Waals surface area (Å²) < 4.78 is 0. The Kier molecular flexibility index (Phi) is 5.09. The van der Waals surface area contributed by atoms with Crippen LogP contribution in [0.5, 0.6) is 0 Å². The number of Topliss-reactive ketones (excluding diaryl/α,β-unsaturated/α-hetero) is 1. The van der Waals surface area contributed by atoms with Crippen LogP contribution in [-0.2, 0) is 14.4 Å². The summed E-state index contributed by atoms with van der Waals surface area (Å²) in [6, 6.07) is 2.15. The quantitative estimate of drug-likeness (QED) is 0.465. The van der Waals surface area contributed by atoms with E-state index in [1.165, 1.54) is 0 Å². The van der Waals surface area contributed by atoms with Gasteiger partial charge in [0.05, 0.1) is 11.0 Å². The lowest BCUT2D eigenvalue weighted by Crippen LogP contribution is -2.65. The number of carbonyl (C=O) groups excluding carboxylic acids is 2. The SMILES string of the molecule is CC1(C)CC[C@]2(C(=O)O)CC[C@]3(C)[C@H](C(=O)C=C4[C@@]5(C)C=C(C#N)C(=O)C(C)(C)[C@H]5CC[C@]43C)[C@@H]2C1. The minimum atomic E-state index is -0.828. The molecule has 0 aromatic heterocycles. The number of fused-ring (bicyclic) bond motifs is 7. The summed E-state index contributed by atoms with van der Waals surface area (Å²) in [5.41, 5.74) is -1.49. The molecular weight excluding hydrogens is 450 g/mol. The minimum Gasteiger partial charge on any atom is -0.481 e. The number of carboxylic acids is 1. The van der Waals surface area contributed by atoms with Crippen molar-refractivity contribution in [1.29, 1.82) is 5.26 Å². The van der Waals surface area contributed by atoms with E-state index < -0.39 is 22.2 Å². The van der Waals surface area contributed by atoms with Crippen LogP contribution in [-0.4, -0.2) is 22.6 Å². The van der Waals surface area contributed by atoms with Gasteiger partial charge in [-0.15, -0.1) is 0 Å². The van der Waals surface area contributed by atoms with Gasteiger partial charge >= 0.3 is 5.97 Å². The topological polar surface area (TPSA) is 95.2 Å². The minimum absolute atomic E-state index is 0.00880. The molecule has 0 saturated heterocycles. The normalized spacial score (nSPS) is 46.7. The van der Waals surface area contributed by atoms with Gasteiger partial charge in [-0.2, -0.15) is 5.26 Å². The Morgan fingerprint density at radius 2 is 1.64 bits per heavy atom. The molecule has 0 spiro atoms. The second-order valence-electron chi connectivity index (χ2n) is 14.7. The molecule has 1 N–H and O–H groups in total. The molecule has 36 heavy (non-hydrogen) atoms. The molecule has 5 heteroatoms. The largest absolute Gasteiger partial charge is 0.481 e. The fourth-order valence-electron chi connectivity index (χ4n) is 10.0. The molecule has 0 aromatic rings. The zero-order chi connectivity index (χ0) is 26.7. The van der Waals surface area contributed by atoms with Gasteiger partial charge in [0.1, 0.15) is 6.07 Å². The average Bonchev–Trinajstić information content (AvgIpc) is 2.77. The highest BCUT2D eigenvalue weighted by Gasteiger charge is 2.70. The summed E-state index contributed by atoms with van der Waals surface area (Å²) in [6.07, 6.45) is 8.98. The van der Waals surface area contributed by atoms with Crippen LogP contribution in [0.1, 0.15) is 93.4 Å². The lowest BCUT2D eigenvalue weighted by atomic mass is 9.34. The zero-order valence-electron chi connectivity index (χ0n) is 23.0. The number of hydrogen-bond donors (Lipinski definition) is 1. The molecule has 5 aliphatic rings. The third kappa shape index (κ3) is 2.85. The molecule has 5 aliphatic carbocycles. The van der Waals surface area contributed by atoms with E-state index in [2.05, 4.69) is 40.7 Å². The van der Waals surface area contributed by atoms with Gasteiger partial charge in [-0.3, -0.25) is 14.4 Å².